The molecule has 0 spiro atoms. The van der Waals surface area contributed by atoms with Crippen LogP contribution in [0.25, 0.3) is 0 Å². The van der Waals surface area contributed by atoms with Gasteiger partial charge < -0.3 is 9.64 Å². The number of piperidine rings is 2. The third-order valence-corrected chi connectivity index (χ3v) is 9.18. The standard InChI is InChI=1S/C25H39N3O4S/c1-20-16-26(17-21(2)32-20)18-22-8-12-27(13-9-22)25(29)24-10-14-28(15-11-24)33(30,31)19-23-6-4-3-5-7-23/h3-7,20-22,24H,8-19H2,1-2H3. The van der Waals surface area contributed by atoms with Gasteiger partial charge in [-0.15, -0.1) is 0 Å². The fraction of sp³-hybridized carbons (Fsp3) is 0.720. The number of nitrogens with zero attached hydrogens (tertiary/aromatic N) is 3. The molecule has 0 aromatic heterocycles. The van der Waals surface area contributed by atoms with Crippen LogP contribution in [0, 0.1) is 11.8 Å². The van der Waals surface area contributed by atoms with Gasteiger partial charge in [0.25, 0.3) is 0 Å². The molecule has 1 aromatic carbocycles. The number of morpholine rings is 1. The zero-order chi connectivity index (χ0) is 23.4. The first-order valence-electron chi connectivity index (χ1n) is 12.5. The van der Waals surface area contributed by atoms with Gasteiger partial charge in [0.1, 0.15) is 0 Å². The number of amides is 1. The minimum absolute atomic E-state index is 0.0284. The molecule has 2 atom stereocenters. The zero-order valence-corrected chi connectivity index (χ0v) is 20.9. The molecule has 184 valence electrons. The summed E-state index contributed by atoms with van der Waals surface area (Å²) in [5.74, 6) is 0.838. The number of ether oxygens (including phenoxy) is 1. The lowest BCUT2D eigenvalue weighted by Crippen LogP contribution is -2.50. The molecule has 8 heteroatoms. The van der Waals surface area contributed by atoms with Crippen LogP contribution >= 0.6 is 0 Å². The van der Waals surface area contributed by atoms with Gasteiger partial charge in [-0.2, -0.15) is 0 Å². The fourth-order valence-corrected chi connectivity index (χ4v) is 7.21. The van der Waals surface area contributed by atoms with E-state index >= 15 is 0 Å². The van der Waals surface area contributed by atoms with E-state index in [0.29, 0.717) is 31.8 Å². The average molecular weight is 478 g/mol. The predicted molar refractivity (Wildman–Crippen MR) is 129 cm³/mol. The van der Waals surface area contributed by atoms with Crippen LogP contribution in [0.15, 0.2) is 30.3 Å². The predicted octanol–water partition coefficient (Wildman–Crippen LogP) is 2.58. The summed E-state index contributed by atoms with van der Waals surface area (Å²) in [6.07, 6.45) is 3.93. The van der Waals surface area contributed by atoms with Gasteiger partial charge >= 0.3 is 0 Å². The van der Waals surface area contributed by atoms with E-state index in [1.807, 2.05) is 35.2 Å². The zero-order valence-electron chi connectivity index (χ0n) is 20.1. The number of likely N-dealkylation sites (tertiary alicyclic amines) is 1. The monoisotopic (exact) mass is 477 g/mol. The summed E-state index contributed by atoms with van der Waals surface area (Å²) >= 11 is 0. The average Bonchev–Trinajstić information content (AvgIpc) is 2.79. The summed E-state index contributed by atoms with van der Waals surface area (Å²) in [6.45, 7) is 9.90. The summed E-state index contributed by atoms with van der Waals surface area (Å²) in [5, 5.41) is 0. The van der Waals surface area contributed by atoms with Crippen molar-refractivity contribution < 1.29 is 17.9 Å². The molecular formula is C25H39N3O4S. The third kappa shape index (κ3) is 6.56. The highest BCUT2D eigenvalue weighted by atomic mass is 32.2. The number of sulfonamides is 1. The SMILES string of the molecule is CC1CN(CC2CCN(C(=O)C3CCN(S(=O)(=O)Cc4ccccc4)CC3)CC2)CC(C)O1. The van der Waals surface area contributed by atoms with Gasteiger partial charge in [-0.25, -0.2) is 12.7 Å². The van der Waals surface area contributed by atoms with Crippen molar-refractivity contribution in [1.29, 1.82) is 0 Å². The molecule has 33 heavy (non-hydrogen) atoms. The molecule has 0 N–H and O–H groups in total. The Labute approximate surface area is 199 Å². The van der Waals surface area contributed by atoms with Crippen LogP contribution in [0.4, 0.5) is 0 Å². The maximum absolute atomic E-state index is 13.1. The smallest absolute Gasteiger partial charge is 0.225 e. The number of benzene rings is 1. The number of carbonyl (C=O) groups is 1. The van der Waals surface area contributed by atoms with Crippen LogP contribution in [-0.2, 0) is 25.3 Å². The summed E-state index contributed by atoms with van der Waals surface area (Å²) in [6, 6.07) is 9.30. The Morgan fingerprint density at radius 3 is 2.15 bits per heavy atom. The normalized spacial score (nSPS) is 27.0. The molecule has 3 aliphatic heterocycles. The van der Waals surface area contributed by atoms with E-state index in [9.17, 15) is 13.2 Å². The van der Waals surface area contributed by atoms with Crippen molar-refractivity contribution in [3.05, 3.63) is 35.9 Å². The second kappa shape index (κ2) is 10.8. The van der Waals surface area contributed by atoms with E-state index in [0.717, 1.165) is 51.1 Å². The van der Waals surface area contributed by atoms with Crippen molar-refractivity contribution in [3.63, 3.8) is 0 Å². The molecule has 3 heterocycles. The minimum atomic E-state index is -3.34. The van der Waals surface area contributed by atoms with Crippen LogP contribution in [0.3, 0.4) is 0 Å². The molecule has 4 rings (SSSR count). The van der Waals surface area contributed by atoms with Gasteiger partial charge in [0.15, 0.2) is 0 Å². The van der Waals surface area contributed by atoms with E-state index in [1.165, 1.54) is 0 Å². The molecule has 2 unspecified atom stereocenters. The van der Waals surface area contributed by atoms with Crippen LogP contribution in [-0.4, -0.2) is 86.5 Å². The Hall–Kier alpha value is -1.48. The molecular weight excluding hydrogens is 438 g/mol. The number of carbonyl (C=O) groups excluding carboxylic acids is 1. The van der Waals surface area contributed by atoms with Gasteiger partial charge in [-0.1, -0.05) is 30.3 Å². The molecule has 0 bridgehead atoms. The number of hydrogen-bond acceptors (Lipinski definition) is 5. The molecule has 3 fully saturated rings. The summed E-state index contributed by atoms with van der Waals surface area (Å²) in [5.41, 5.74) is 0.805. The minimum Gasteiger partial charge on any atom is -0.373 e. The molecule has 7 nitrogen and oxygen atoms in total. The van der Waals surface area contributed by atoms with Crippen LogP contribution in [0.5, 0.6) is 0 Å². The largest absolute Gasteiger partial charge is 0.373 e. The first-order valence-corrected chi connectivity index (χ1v) is 14.1. The summed E-state index contributed by atoms with van der Waals surface area (Å²) < 4.78 is 33.0. The Balaban J connectivity index is 1.21. The highest BCUT2D eigenvalue weighted by Gasteiger charge is 2.35. The fourth-order valence-electron chi connectivity index (χ4n) is 5.65. The first kappa shape index (κ1) is 24.6. The van der Waals surface area contributed by atoms with E-state index in [4.69, 9.17) is 4.74 Å². The molecule has 0 radical (unpaired) electrons. The van der Waals surface area contributed by atoms with Crippen molar-refractivity contribution in [1.82, 2.24) is 14.1 Å². The molecule has 1 aromatic rings. The molecule has 0 aliphatic carbocycles. The Morgan fingerprint density at radius 2 is 1.55 bits per heavy atom. The van der Waals surface area contributed by atoms with Gasteiger partial charge in [-0.05, 0) is 51.0 Å². The summed E-state index contributed by atoms with van der Waals surface area (Å²) in [7, 11) is -3.34. The highest BCUT2D eigenvalue weighted by Crippen LogP contribution is 2.27. The van der Waals surface area contributed by atoms with Gasteiger partial charge in [0.05, 0.1) is 18.0 Å². The van der Waals surface area contributed by atoms with E-state index < -0.39 is 10.0 Å². The molecule has 1 amide bonds. The summed E-state index contributed by atoms with van der Waals surface area (Å²) in [4.78, 5) is 17.7. The van der Waals surface area contributed by atoms with Crippen molar-refractivity contribution in [2.24, 2.45) is 11.8 Å². The second-order valence-electron chi connectivity index (χ2n) is 10.2. The van der Waals surface area contributed by atoms with Gasteiger partial charge in [0.2, 0.25) is 15.9 Å². The Kier molecular flexibility index (Phi) is 8.10. The lowest BCUT2D eigenvalue weighted by atomic mass is 9.92. The molecule has 0 saturated carbocycles. The van der Waals surface area contributed by atoms with Crippen molar-refractivity contribution in [3.8, 4) is 0 Å². The van der Waals surface area contributed by atoms with E-state index in [2.05, 4.69) is 18.7 Å². The lowest BCUT2D eigenvalue weighted by Gasteiger charge is -2.40. The van der Waals surface area contributed by atoms with Crippen molar-refractivity contribution in [2.45, 2.75) is 57.5 Å². The highest BCUT2D eigenvalue weighted by molar-refractivity contribution is 7.88. The van der Waals surface area contributed by atoms with E-state index in [1.54, 1.807) is 4.31 Å². The van der Waals surface area contributed by atoms with Crippen molar-refractivity contribution >= 4 is 15.9 Å². The molecule has 3 aliphatic rings. The van der Waals surface area contributed by atoms with Crippen molar-refractivity contribution in [2.75, 3.05) is 45.8 Å². The van der Waals surface area contributed by atoms with Gasteiger partial charge in [0, 0.05) is 51.7 Å². The number of rotatable bonds is 6. The topological polar surface area (TPSA) is 70.2 Å². The molecule has 3 saturated heterocycles. The first-order chi connectivity index (χ1) is 15.8. The number of hydrogen-bond donors (Lipinski definition) is 0. The second-order valence-corrected chi connectivity index (χ2v) is 12.1. The van der Waals surface area contributed by atoms with Gasteiger partial charge in [-0.3, -0.25) is 9.69 Å². The van der Waals surface area contributed by atoms with Crippen LogP contribution < -0.4 is 0 Å². The maximum atomic E-state index is 13.1. The Bertz CT molecular complexity index is 868. The lowest BCUT2D eigenvalue weighted by molar-refractivity contribution is -0.138. The Morgan fingerprint density at radius 1 is 0.939 bits per heavy atom. The van der Waals surface area contributed by atoms with E-state index in [-0.39, 0.29) is 29.8 Å². The van der Waals surface area contributed by atoms with Crippen LogP contribution in [0.1, 0.15) is 45.1 Å². The third-order valence-electron chi connectivity index (χ3n) is 7.33. The maximum Gasteiger partial charge on any atom is 0.225 e. The quantitative estimate of drug-likeness (QED) is 0.630. The van der Waals surface area contributed by atoms with Crippen LogP contribution in [0.2, 0.25) is 0 Å².